The lowest BCUT2D eigenvalue weighted by Crippen LogP contribution is -2.16. The van der Waals surface area contributed by atoms with Gasteiger partial charge in [-0.15, -0.1) is 0 Å². The van der Waals surface area contributed by atoms with Crippen LogP contribution in [0, 0.1) is 20.8 Å². The molecule has 1 unspecified atom stereocenters. The highest BCUT2D eigenvalue weighted by Gasteiger charge is 2.14. The summed E-state index contributed by atoms with van der Waals surface area (Å²) in [5, 5.41) is 0. The zero-order valence-corrected chi connectivity index (χ0v) is 10.9. The van der Waals surface area contributed by atoms with E-state index in [1.807, 2.05) is 24.7 Å². The molecule has 0 saturated heterocycles. The van der Waals surface area contributed by atoms with Crippen molar-refractivity contribution in [3.05, 3.63) is 52.6 Å². The zero-order chi connectivity index (χ0) is 12.6. The molecular weight excluding hydrogens is 210 g/mol. The van der Waals surface area contributed by atoms with Gasteiger partial charge in [0.15, 0.2) is 0 Å². The lowest BCUT2D eigenvalue weighted by Gasteiger charge is -2.14. The summed E-state index contributed by atoms with van der Waals surface area (Å²) in [7, 11) is 2.00. The van der Waals surface area contributed by atoms with Crippen LogP contribution in [0.4, 0.5) is 0 Å². The van der Waals surface area contributed by atoms with Crippen molar-refractivity contribution in [2.75, 3.05) is 0 Å². The second kappa shape index (κ2) is 4.34. The third-order valence-corrected chi connectivity index (χ3v) is 3.18. The third kappa shape index (κ3) is 2.24. The van der Waals surface area contributed by atoms with E-state index >= 15 is 0 Å². The van der Waals surface area contributed by atoms with Gasteiger partial charge >= 0.3 is 0 Å². The van der Waals surface area contributed by atoms with Crippen LogP contribution in [-0.4, -0.2) is 9.55 Å². The fourth-order valence-electron chi connectivity index (χ4n) is 2.17. The predicted octanol–water partition coefficient (Wildman–Crippen LogP) is 2.39. The molecule has 1 aromatic carbocycles. The number of rotatable bonds is 2. The number of nitrogens with zero attached hydrogens (tertiary/aromatic N) is 2. The average molecular weight is 229 g/mol. The Morgan fingerprint density at radius 2 is 1.71 bits per heavy atom. The molecule has 0 saturated carbocycles. The van der Waals surface area contributed by atoms with Gasteiger partial charge in [0.25, 0.3) is 0 Å². The Labute approximate surface area is 102 Å². The van der Waals surface area contributed by atoms with Crippen molar-refractivity contribution in [2.45, 2.75) is 26.8 Å². The maximum atomic E-state index is 6.31. The number of aromatic nitrogens is 2. The van der Waals surface area contributed by atoms with Gasteiger partial charge in [-0.05, 0) is 26.3 Å². The van der Waals surface area contributed by atoms with E-state index < -0.39 is 0 Å². The molecule has 2 N–H and O–H groups in total. The van der Waals surface area contributed by atoms with Gasteiger partial charge in [0.1, 0.15) is 5.82 Å². The number of aryl methyl sites for hydroxylation is 3. The molecule has 2 rings (SSSR count). The van der Waals surface area contributed by atoms with Crippen LogP contribution in [0.25, 0.3) is 0 Å². The number of benzene rings is 1. The molecule has 0 aliphatic carbocycles. The van der Waals surface area contributed by atoms with E-state index in [2.05, 4.69) is 37.0 Å². The lowest BCUT2D eigenvalue weighted by atomic mass is 10.00. The summed E-state index contributed by atoms with van der Waals surface area (Å²) in [4.78, 5) is 4.29. The minimum absolute atomic E-state index is 0.111. The van der Waals surface area contributed by atoms with Crippen LogP contribution in [0.3, 0.4) is 0 Å². The summed E-state index contributed by atoms with van der Waals surface area (Å²) in [6.45, 7) is 6.17. The molecule has 3 nitrogen and oxygen atoms in total. The summed E-state index contributed by atoms with van der Waals surface area (Å²) >= 11 is 0. The number of hydrogen-bond donors (Lipinski definition) is 1. The van der Waals surface area contributed by atoms with Crippen molar-refractivity contribution in [1.82, 2.24) is 9.55 Å². The van der Waals surface area contributed by atoms with E-state index in [0.29, 0.717) is 0 Å². The summed E-state index contributed by atoms with van der Waals surface area (Å²) < 4.78 is 2.04. The minimum atomic E-state index is -0.111. The predicted molar refractivity (Wildman–Crippen MR) is 69.9 cm³/mol. The van der Waals surface area contributed by atoms with Crippen molar-refractivity contribution in [3.63, 3.8) is 0 Å². The summed E-state index contributed by atoms with van der Waals surface area (Å²) in [5.74, 6) is 0.986. The molecule has 1 atom stereocenters. The lowest BCUT2D eigenvalue weighted by molar-refractivity contribution is 0.728. The average Bonchev–Trinajstić information content (AvgIpc) is 2.57. The fourth-order valence-corrected chi connectivity index (χ4v) is 2.17. The van der Waals surface area contributed by atoms with E-state index in [4.69, 9.17) is 5.73 Å². The van der Waals surface area contributed by atoms with Gasteiger partial charge in [-0.25, -0.2) is 4.98 Å². The highest BCUT2D eigenvalue weighted by molar-refractivity contribution is 5.34. The third-order valence-electron chi connectivity index (χ3n) is 3.18. The maximum absolute atomic E-state index is 6.31. The Morgan fingerprint density at radius 1 is 1.12 bits per heavy atom. The fraction of sp³-hybridized carbons (Fsp3) is 0.357. The molecule has 1 aromatic heterocycles. The van der Waals surface area contributed by atoms with Crippen molar-refractivity contribution in [3.8, 4) is 0 Å². The molecule has 17 heavy (non-hydrogen) atoms. The number of imidazole rings is 1. The highest BCUT2D eigenvalue weighted by Crippen LogP contribution is 2.22. The maximum Gasteiger partial charge on any atom is 0.105 e. The molecule has 0 aliphatic rings. The van der Waals surface area contributed by atoms with Gasteiger partial charge in [0, 0.05) is 7.05 Å². The Hall–Kier alpha value is -1.61. The van der Waals surface area contributed by atoms with E-state index in [0.717, 1.165) is 17.1 Å². The van der Waals surface area contributed by atoms with Crippen LogP contribution in [0.15, 0.2) is 24.4 Å². The monoisotopic (exact) mass is 229 g/mol. The van der Waals surface area contributed by atoms with Gasteiger partial charge in [-0.2, -0.15) is 0 Å². The first-order chi connectivity index (χ1) is 7.99. The molecule has 1 heterocycles. The molecule has 0 bridgehead atoms. The first-order valence-electron chi connectivity index (χ1n) is 5.81. The van der Waals surface area contributed by atoms with E-state index in [1.54, 1.807) is 0 Å². The van der Waals surface area contributed by atoms with Crippen molar-refractivity contribution in [2.24, 2.45) is 12.8 Å². The Bertz CT molecular complexity index is 520. The zero-order valence-electron chi connectivity index (χ0n) is 10.9. The van der Waals surface area contributed by atoms with Gasteiger partial charge in [0.2, 0.25) is 0 Å². The summed E-state index contributed by atoms with van der Waals surface area (Å²) in [5.41, 5.74) is 11.0. The second-order valence-electron chi connectivity index (χ2n) is 4.69. The van der Waals surface area contributed by atoms with E-state index in [-0.39, 0.29) is 6.04 Å². The van der Waals surface area contributed by atoms with E-state index in [9.17, 15) is 0 Å². The standard InChI is InChI=1S/C14H19N3/c1-9-5-10(2)7-12(6-9)14(15)13-8-16-11(3)17(13)4/h5-8,14H,15H2,1-4H3. The SMILES string of the molecule is Cc1cc(C)cc(C(N)c2cnc(C)n2C)c1. The normalized spacial score (nSPS) is 12.8. The van der Waals surface area contributed by atoms with Gasteiger partial charge in [-0.3, -0.25) is 0 Å². The molecular formula is C14H19N3. The molecule has 90 valence electrons. The largest absolute Gasteiger partial charge is 0.334 e. The van der Waals surface area contributed by atoms with Crippen LogP contribution in [0.1, 0.15) is 34.3 Å². The summed E-state index contributed by atoms with van der Waals surface area (Å²) in [6.07, 6.45) is 1.86. The number of hydrogen-bond acceptors (Lipinski definition) is 2. The highest BCUT2D eigenvalue weighted by atomic mass is 15.1. The van der Waals surface area contributed by atoms with Crippen LogP contribution in [0.5, 0.6) is 0 Å². The topological polar surface area (TPSA) is 43.8 Å². The van der Waals surface area contributed by atoms with Crippen molar-refractivity contribution < 1.29 is 0 Å². The molecule has 0 aliphatic heterocycles. The Balaban J connectivity index is 2.43. The first kappa shape index (κ1) is 11.9. The second-order valence-corrected chi connectivity index (χ2v) is 4.69. The molecule has 3 heteroatoms. The molecule has 0 amide bonds. The number of nitrogens with two attached hydrogens (primary N) is 1. The van der Waals surface area contributed by atoms with Crippen molar-refractivity contribution >= 4 is 0 Å². The van der Waals surface area contributed by atoms with Gasteiger partial charge in [0.05, 0.1) is 17.9 Å². The Morgan fingerprint density at radius 3 is 2.18 bits per heavy atom. The minimum Gasteiger partial charge on any atom is -0.334 e. The first-order valence-corrected chi connectivity index (χ1v) is 5.81. The smallest absolute Gasteiger partial charge is 0.105 e. The summed E-state index contributed by atoms with van der Waals surface area (Å²) in [6, 6.07) is 6.32. The van der Waals surface area contributed by atoms with Gasteiger partial charge in [-0.1, -0.05) is 29.3 Å². The van der Waals surface area contributed by atoms with Crippen LogP contribution < -0.4 is 5.73 Å². The van der Waals surface area contributed by atoms with Crippen LogP contribution >= 0.6 is 0 Å². The molecule has 0 spiro atoms. The van der Waals surface area contributed by atoms with Gasteiger partial charge < -0.3 is 10.3 Å². The molecule has 2 aromatic rings. The van der Waals surface area contributed by atoms with E-state index in [1.165, 1.54) is 11.1 Å². The quantitative estimate of drug-likeness (QED) is 0.859. The molecule has 0 radical (unpaired) electrons. The van der Waals surface area contributed by atoms with Crippen LogP contribution in [-0.2, 0) is 7.05 Å². The molecule has 0 fully saturated rings. The Kier molecular flexibility index (Phi) is 3.03. The van der Waals surface area contributed by atoms with Crippen LogP contribution in [0.2, 0.25) is 0 Å². The van der Waals surface area contributed by atoms with Crippen molar-refractivity contribution in [1.29, 1.82) is 0 Å².